The molecule has 176 valence electrons. The lowest BCUT2D eigenvalue weighted by Crippen LogP contribution is -1.97. The van der Waals surface area contributed by atoms with Crippen LogP contribution in [0.3, 0.4) is 0 Å². The quantitative estimate of drug-likeness (QED) is 0.230. The molecule has 33 heavy (non-hydrogen) atoms. The Morgan fingerprint density at radius 1 is 0.727 bits per heavy atom. The van der Waals surface area contributed by atoms with E-state index in [1.807, 2.05) is 54.7 Å². The first kappa shape index (κ1) is 25.0. The third-order valence-electron chi connectivity index (χ3n) is 6.10. The Kier molecular flexibility index (Phi) is 10.4. The van der Waals surface area contributed by atoms with Gasteiger partial charge in [-0.15, -0.1) is 0 Å². The minimum absolute atomic E-state index is 0.193. The molecule has 0 aliphatic rings. The van der Waals surface area contributed by atoms with E-state index in [4.69, 9.17) is 4.74 Å². The summed E-state index contributed by atoms with van der Waals surface area (Å²) in [6.07, 6.45) is 13.7. The molecule has 0 aliphatic heterocycles. The third-order valence-corrected chi connectivity index (χ3v) is 6.10. The van der Waals surface area contributed by atoms with Crippen LogP contribution in [0, 0.1) is 5.82 Å². The van der Waals surface area contributed by atoms with Crippen LogP contribution in [0.2, 0.25) is 0 Å². The summed E-state index contributed by atoms with van der Waals surface area (Å²) in [5.74, 6) is 0.703. The molecule has 3 aromatic rings. The van der Waals surface area contributed by atoms with Gasteiger partial charge in [-0.3, -0.25) is 4.98 Å². The van der Waals surface area contributed by atoms with E-state index in [1.54, 1.807) is 6.07 Å². The molecule has 0 saturated carbocycles. The van der Waals surface area contributed by atoms with Gasteiger partial charge in [-0.25, -0.2) is 4.39 Å². The standard InChI is InChI=1S/C30H38FNO/c1-3-5-7-9-10-12-24-13-19-28(29(31)22-24)30-20-16-26(23-32-30)25-14-17-27(18-15-25)33-21-11-8-6-4-2/h13-20,22-23H,3-12,21H2,1-2H3. The second-order valence-corrected chi connectivity index (χ2v) is 8.84. The van der Waals surface area contributed by atoms with Gasteiger partial charge in [0.1, 0.15) is 11.6 Å². The van der Waals surface area contributed by atoms with E-state index in [-0.39, 0.29) is 5.82 Å². The van der Waals surface area contributed by atoms with Crippen LogP contribution in [0.25, 0.3) is 22.4 Å². The van der Waals surface area contributed by atoms with E-state index < -0.39 is 0 Å². The molecule has 2 nitrogen and oxygen atoms in total. The van der Waals surface area contributed by atoms with Crippen molar-refractivity contribution in [2.75, 3.05) is 6.61 Å². The van der Waals surface area contributed by atoms with Gasteiger partial charge >= 0.3 is 0 Å². The zero-order valence-electron chi connectivity index (χ0n) is 20.3. The van der Waals surface area contributed by atoms with Crippen molar-refractivity contribution in [3.8, 4) is 28.1 Å². The number of benzene rings is 2. The zero-order chi connectivity index (χ0) is 23.3. The molecule has 2 aromatic carbocycles. The molecule has 0 unspecified atom stereocenters. The molecule has 3 heteroatoms. The van der Waals surface area contributed by atoms with Crippen LogP contribution in [0.5, 0.6) is 5.75 Å². The van der Waals surface area contributed by atoms with Crippen LogP contribution in [0.15, 0.2) is 60.8 Å². The first-order chi connectivity index (χ1) is 16.2. The number of nitrogens with zero attached hydrogens (tertiary/aromatic N) is 1. The van der Waals surface area contributed by atoms with Gasteiger partial charge in [0.15, 0.2) is 0 Å². The van der Waals surface area contributed by atoms with E-state index >= 15 is 0 Å². The second kappa shape index (κ2) is 13.8. The minimum atomic E-state index is -0.193. The summed E-state index contributed by atoms with van der Waals surface area (Å²) in [5.41, 5.74) is 4.38. The lowest BCUT2D eigenvalue weighted by Gasteiger charge is -2.09. The molecule has 0 saturated heterocycles. The predicted molar refractivity (Wildman–Crippen MR) is 137 cm³/mol. The van der Waals surface area contributed by atoms with Crippen molar-refractivity contribution >= 4 is 0 Å². The summed E-state index contributed by atoms with van der Waals surface area (Å²) in [6.45, 7) is 5.19. The van der Waals surface area contributed by atoms with Crippen molar-refractivity contribution in [1.82, 2.24) is 4.98 Å². The van der Waals surface area contributed by atoms with E-state index in [0.717, 1.165) is 48.3 Å². The Morgan fingerprint density at radius 2 is 1.42 bits per heavy atom. The summed E-state index contributed by atoms with van der Waals surface area (Å²) < 4.78 is 20.6. The number of aromatic nitrogens is 1. The molecule has 1 heterocycles. The number of rotatable bonds is 14. The van der Waals surface area contributed by atoms with Crippen molar-refractivity contribution in [2.24, 2.45) is 0 Å². The molecule has 1 aromatic heterocycles. The highest BCUT2D eigenvalue weighted by molar-refractivity contribution is 5.67. The number of aryl methyl sites for hydroxylation is 1. The van der Waals surface area contributed by atoms with Crippen molar-refractivity contribution in [1.29, 1.82) is 0 Å². The highest BCUT2D eigenvalue weighted by atomic mass is 19.1. The van der Waals surface area contributed by atoms with Crippen molar-refractivity contribution in [3.05, 3.63) is 72.2 Å². The highest BCUT2D eigenvalue weighted by Crippen LogP contribution is 2.27. The van der Waals surface area contributed by atoms with E-state index in [9.17, 15) is 4.39 Å². The normalized spacial score (nSPS) is 11.0. The number of halogens is 1. The van der Waals surface area contributed by atoms with Crippen LogP contribution in [-0.2, 0) is 6.42 Å². The fraction of sp³-hybridized carbons (Fsp3) is 0.433. The van der Waals surface area contributed by atoms with Gasteiger partial charge in [0.05, 0.1) is 12.3 Å². The van der Waals surface area contributed by atoms with Gasteiger partial charge in [0.25, 0.3) is 0 Å². The molecule has 0 fully saturated rings. The molecule has 0 bridgehead atoms. The lowest BCUT2D eigenvalue weighted by atomic mass is 10.0. The fourth-order valence-corrected chi connectivity index (χ4v) is 4.04. The van der Waals surface area contributed by atoms with Crippen LogP contribution < -0.4 is 4.74 Å². The van der Waals surface area contributed by atoms with Crippen LogP contribution in [-0.4, -0.2) is 11.6 Å². The predicted octanol–water partition coefficient (Wildman–Crippen LogP) is 9.03. The van der Waals surface area contributed by atoms with Gasteiger partial charge in [0, 0.05) is 17.3 Å². The van der Waals surface area contributed by atoms with E-state index in [2.05, 4.69) is 18.8 Å². The maximum atomic E-state index is 14.8. The molecular weight excluding hydrogens is 409 g/mol. The van der Waals surface area contributed by atoms with E-state index in [1.165, 1.54) is 44.9 Å². The van der Waals surface area contributed by atoms with Gasteiger partial charge in [-0.05, 0) is 60.7 Å². The van der Waals surface area contributed by atoms with Crippen molar-refractivity contribution in [2.45, 2.75) is 78.1 Å². The number of hydrogen-bond donors (Lipinski definition) is 0. The number of unbranched alkanes of at least 4 members (excludes halogenated alkanes) is 7. The molecule has 0 N–H and O–H groups in total. The second-order valence-electron chi connectivity index (χ2n) is 8.84. The van der Waals surface area contributed by atoms with Crippen molar-refractivity contribution in [3.63, 3.8) is 0 Å². The molecule has 0 aliphatic carbocycles. The van der Waals surface area contributed by atoms with E-state index in [0.29, 0.717) is 11.3 Å². The topological polar surface area (TPSA) is 22.1 Å². The molecule has 0 radical (unpaired) electrons. The van der Waals surface area contributed by atoms with Gasteiger partial charge in [-0.1, -0.05) is 83.1 Å². The summed E-state index contributed by atoms with van der Waals surface area (Å²) in [7, 11) is 0. The number of ether oxygens (including phenoxy) is 1. The maximum Gasteiger partial charge on any atom is 0.132 e. The Balaban J connectivity index is 1.56. The highest BCUT2D eigenvalue weighted by Gasteiger charge is 2.09. The Bertz CT molecular complexity index is 950. The van der Waals surface area contributed by atoms with Gasteiger partial charge in [0.2, 0.25) is 0 Å². The Labute approximate surface area is 199 Å². The summed E-state index contributed by atoms with van der Waals surface area (Å²) >= 11 is 0. The number of hydrogen-bond acceptors (Lipinski definition) is 2. The zero-order valence-corrected chi connectivity index (χ0v) is 20.3. The first-order valence-electron chi connectivity index (χ1n) is 12.7. The van der Waals surface area contributed by atoms with Gasteiger partial charge < -0.3 is 4.74 Å². The molecule has 0 amide bonds. The SMILES string of the molecule is CCCCCCCc1ccc(-c2ccc(-c3ccc(OCCCCCC)cc3)cn2)c(F)c1. The van der Waals surface area contributed by atoms with Crippen molar-refractivity contribution < 1.29 is 9.13 Å². The molecule has 0 spiro atoms. The lowest BCUT2D eigenvalue weighted by molar-refractivity contribution is 0.305. The fourth-order valence-electron chi connectivity index (χ4n) is 4.04. The van der Waals surface area contributed by atoms with Crippen LogP contribution in [0.1, 0.15) is 77.2 Å². The molecule has 3 rings (SSSR count). The summed E-state index contributed by atoms with van der Waals surface area (Å²) in [6, 6.07) is 17.6. The molecule has 0 atom stereocenters. The summed E-state index contributed by atoms with van der Waals surface area (Å²) in [5, 5.41) is 0. The van der Waals surface area contributed by atoms with Crippen LogP contribution in [0.4, 0.5) is 4.39 Å². The Morgan fingerprint density at radius 3 is 2.09 bits per heavy atom. The monoisotopic (exact) mass is 447 g/mol. The minimum Gasteiger partial charge on any atom is -0.494 e. The smallest absolute Gasteiger partial charge is 0.132 e. The number of pyridine rings is 1. The Hall–Kier alpha value is -2.68. The average molecular weight is 448 g/mol. The summed E-state index contributed by atoms with van der Waals surface area (Å²) in [4.78, 5) is 4.54. The largest absolute Gasteiger partial charge is 0.494 e. The van der Waals surface area contributed by atoms with Gasteiger partial charge in [-0.2, -0.15) is 0 Å². The first-order valence-corrected chi connectivity index (χ1v) is 12.7. The third kappa shape index (κ3) is 7.99. The molecular formula is C30H38FNO. The average Bonchev–Trinajstić information content (AvgIpc) is 2.84. The maximum absolute atomic E-state index is 14.8. The van der Waals surface area contributed by atoms with Crippen LogP contribution >= 0.6 is 0 Å².